The molecule has 3 heteroatoms. The number of halogens is 1. The summed E-state index contributed by atoms with van der Waals surface area (Å²) in [5, 5.41) is 0.610. The Labute approximate surface area is 125 Å². The number of anilines is 1. The van der Waals surface area contributed by atoms with Gasteiger partial charge in [-0.1, -0.05) is 50.1 Å². The van der Waals surface area contributed by atoms with E-state index in [0.717, 1.165) is 11.3 Å². The van der Waals surface area contributed by atoms with Crippen LogP contribution in [-0.4, -0.2) is 0 Å². The molecule has 20 heavy (non-hydrogen) atoms. The second-order valence-electron chi connectivity index (χ2n) is 6.03. The third-order valence-corrected chi connectivity index (χ3v) is 3.37. The van der Waals surface area contributed by atoms with Crippen molar-refractivity contribution in [2.45, 2.75) is 33.1 Å². The summed E-state index contributed by atoms with van der Waals surface area (Å²) >= 11 is 6.00. The van der Waals surface area contributed by atoms with Crippen molar-refractivity contribution in [1.82, 2.24) is 0 Å². The minimum Gasteiger partial charge on any atom is -0.455 e. The van der Waals surface area contributed by atoms with Gasteiger partial charge in [0.25, 0.3) is 0 Å². The van der Waals surface area contributed by atoms with Crippen molar-refractivity contribution in [3.63, 3.8) is 0 Å². The van der Waals surface area contributed by atoms with Gasteiger partial charge in [0, 0.05) is 16.7 Å². The molecule has 0 bridgehead atoms. The van der Waals surface area contributed by atoms with E-state index in [1.807, 2.05) is 12.1 Å². The smallest absolute Gasteiger partial charge is 0.151 e. The average molecular weight is 290 g/mol. The highest BCUT2D eigenvalue weighted by Crippen LogP contribution is 2.37. The zero-order chi connectivity index (χ0) is 14.9. The fourth-order valence-electron chi connectivity index (χ4n) is 2.03. The number of nitrogens with two attached hydrogens (primary N) is 1. The number of rotatable bonds is 2. The van der Waals surface area contributed by atoms with Crippen LogP contribution < -0.4 is 10.5 Å². The van der Waals surface area contributed by atoms with E-state index in [9.17, 15) is 0 Å². The van der Waals surface area contributed by atoms with E-state index in [1.165, 1.54) is 5.56 Å². The lowest BCUT2D eigenvalue weighted by atomic mass is 9.85. The van der Waals surface area contributed by atoms with Crippen molar-refractivity contribution in [2.75, 3.05) is 5.73 Å². The molecule has 2 rings (SSSR count). The van der Waals surface area contributed by atoms with Gasteiger partial charge in [0.1, 0.15) is 5.75 Å². The van der Waals surface area contributed by atoms with Crippen molar-refractivity contribution < 1.29 is 4.74 Å². The van der Waals surface area contributed by atoms with Crippen molar-refractivity contribution in [3.05, 3.63) is 52.5 Å². The molecule has 0 radical (unpaired) electrons. The molecular formula is C17H20ClNO. The normalized spacial score (nSPS) is 11.4. The second-order valence-corrected chi connectivity index (χ2v) is 6.47. The SMILES string of the molecule is Cc1ccc(Oc2cc(Cl)ccc2N)c(C(C)(C)C)c1. The zero-order valence-corrected chi connectivity index (χ0v) is 13.1. The third-order valence-electron chi connectivity index (χ3n) is 3.14. The Hall–Kier alpha value is -1.67. The monoisotopic (exact) mass is 289 g/mol. The molecule has 2 N–H and O–H groups in total. The number of benzene rings is 2. The Morgan fingerprint density at radius 3 is 2.35 bits per heavy atom. The Kier molecular flexibility index (Phi) is 3.96. The summed E-state index contributed by atoms with van der Waals surface area (Å²) in [6.07, 6.45) is 0. The summed E-state index contributed by atoms with van der Waals surface area (Å²) in [5.41, 5.74) is 8.88. The highest BCUT2D eigenvalue weighted by Gasteiger charge is 2.20. The third kappa shape index (κ3) is 3.26. The van der Waals surface area contributed by atoms with E-state index >= 15 is 0 Å². The van der Waals surface area contributed by atoms with Crippen LogP contribution in [0.3, 0.4) is 0 Å². The Morgan fingerprint density at radius 2 is 1.70 bits per heavy atom. The highest BCUT2D eigenvalue weighted by molar-refractivity contribution is 6.30. The fraction of sp³-hybridized carbons (Fsp3) is 0.294. The molecule has 0 atom stereocenters. The van der Waals surface area contributed by atoms with E-state index in [4.69, 9.17) is 22.1 Å². The number of hydrogen-bond donors (Lipinski definition) is 1. The van der Waals surface area contributed by atoms with Crippen LogP contribution in [0.5, 0.6) is 11.5 Å². The van der Waals surface area contributed by atoms with Crippen LogP contribution in [0, 0.1) is 6.92 Å². The topological polar surface area (TPSA) is 35.2 Å². The minimum atomic E-state index is -0.00527. The van der Waals surface area contributed by atoms with Crippen molar-refractivity contribution >= 4 is 17.3 Å². The first-order chi connectivity index (χ1) is 9.27. The van der Waals surface area contributed by atoms with E-state index in [-0.39, 0.29) is 5.41 Å². The van der Waals surface area contributed by atoms with Gasteiger partial charge in [-0.2, -0.15) is 0 Å². The number of nitrogen functional groups attached to an aromatic ring is 1. The predicted octanol–water partition coefficient (Wildman–Crippen LogP) is 5.32. The zero-order valence-electron chi connectivity index (χ0n) is 12.3. The molecule has 0 amide bonds. The van der Waals surface area contributed by atoms with E-state index in [2.05, 4.69) is 33.8 Å². The highest BCUT2D eigenvalue weighted by atomic mass is 35.5. The van der Waals surface area contributed by atoms with Crippen LogP contribution in [0.2, 0.25) is 5.02 Å². The van der Waals surface area contributed by atoms with Crippen molar-refractivity contribution in [1.29, 1.82) is 0 Å². The average Bonchev–Trinajstić information content (AvgIpc) is 2.34. The van der Waals surface area contributed by atoms with E-state index in [1.54, 1.807) is 18.2 Å². The largest absolute Gasteiger partial charge is 0.455 e. The summed E-state index contributed by atoms with van der Waals surface area (Å²) < 4.78 is 5.99. The summed E-state index contributed by atoms with van der Waals surface area (Å²) in [7, 11) is 0. The number of aryl methyl sites for hydroxylation is 1. The molecule has 0 saturated carbocycles. The summed E-state index contributed by atoms with van der Waals surface area (Å²) in [6.45, 7) is 8.56. The standard InChI is InChI=1S/C17H20ClNO/c1-11-5-8-15(13(9-11)17(2,3)4)20-16-10-12(18)6-7-14(16)19/h5-10H,19H2,1-4H3. The number of ether oxygens (including phenoxy) is 1. The molecule has 0 unspecified atom stereocenters. The second kappa shape index (κ2) is 5.37. The minimum absolute atomic E-state index is 0.00527. The first kappa shape index (κ1) is 14.7. The van der Waals surface area contributed by atoms with Crippen LogP contribution in [0.4, 0.5) is 5.69 Å². The van der Waals surface area contributed by atoms with Crippen LogP contribution in [0.25, 0.3) is 0 Å². The molecule has 106 valence electrons. The van der Waals surface area contributed by atoms with Crippen molar-refractivity contribution in [3.8, 4) is 11.5 Å². The maximum Gasteiger partial charge on any atom is 0.151 e. The van der Waals surface area contributed by atoms with E-state index < -0.39 is 0 Å². The van der Waals surface area contributed by atoms with Gasteiger partial charge in [0.05, 0.1) is 5.69 Å². The van der Waals surface area contributed by atoms with E-state index in [0.29, 0.717) is 16.5 Å². The molecule has 2 aromatic carbocycles. The maximum atomic E-state index is 6.00. The molecule has 0 aliphatic carbocycles. The maximum absolute atomic E-state index is 6.00. The molecular weight excluding hydrogens is 270 g/mol. The Bertz CT molecular complexity index is 629. The van der Waals surface area contributed by atoms with Gasteiger partial charge in [0.2, 0.25) is 0 Å². The quantitative estimate of drug-likeness (QED) is 0.759. The van der Waals surface area contributed by atoms with Gasteiger partial charge in [-0.25, -0.2) is 0 Å². The van der Waals surface area contributed by atoms with Gasteiger partial charge in [0.15, 0.2) is 5.75 Å². The van der Waals surface area contributed by atoms with Gasteiger partial charge in [-0.15, -0.1) is 0 Å². The van der Waals surface area contributed by atoms with Gasteiger partial charge in [-0.05, 0) is 30.5 Å². The lowest BCUT2D eigenvalue weighted by Gasteiger charge is -2.23. The van der Waals surface area contributed by atoms with Crippen LogP contribution in [0.1, 0.15) is 31.9 Å². The summed E-state index contributed by atoms with van der Waals surface area (Å²) in [4.78, 5) is 0. The van der Waals surface area contributed by atoms with Crippen LogP contribution >= 0.6 is 11.6 Å². The van der Waals surface area contributed by atoms with Crippen molar-refractivity contribution in [2.24, 2.45) is 0 Å². The Balaban J connectivity index is 2.46. The molecule has 0 fully saturated rings. The molecule has 2 aromatic rings. The number of hydrogen-bond acceptors (Lipinski definition) is 2. The molecule has 0 aromatic heterocycles. The van der Waals surface area contributed by atoms with Crippen LogP contribution in [0.15, 0.2) is 36.4 Å². The first-order valence-electron chi connectivity index (χ1n) is 6.61. The lowest BCUT2D eigenvalue weighted by molar-refractivity contribution is 0.457. The van der Waals surface area contributed by atoms with Gasteiger partial charge >= 0.3 is 0 Å². The first-order valence-corrected chi connectivity index (χ1v) is 6.99. The summed E-state index contributed by atoms with van der Waals surface area (Å²) in [6, 6.07) is 11.4. The molecule has 0 heterocycles. The molecule has 0 saturated heterocycles. The van der Waals surface area contributed by atoms with Gasteiger partial charge < -0.3 is 10.5 Å². The van der Waals surface area contributed by atoms with Gasteiger partial charge in [-0.3, -0.25) is 0 Å². The predicted molar refractivity (Wildman–Crippen MR) is 85.8 cm³/mol. The molecule has 0 aliphatic rings. The Morgan fingerprint density at radius 1 is 1.00 bits per heavy atom. The fourth-order valence-corrected chi connectivity index (χ4v) is 2.20. The summed E-state index contributed by atoms with van der Waals surface area (Å²) in [5.74, 6) is 1.41. The molecule has 0 spiro atoms. The molecule has 2 nitrogen and oxygen atoms in total. The van der Waals surface area contributed by atoms with Crippen LogP contribution in [-0.2, 0) is 5.41 Å². The lowest BCUT2D eigenvalue weighted by Crippen LogP contribution is -2.13. The molecule has 0 aliphatic heterocycles.